The highest BCUT2D eigenvalue weighted by Gasteiger charge is 2.41. The van der Waals surface area contributed by atoms with Crippen molar-refractivity contribution in [1.29, 1.82) is 0 Å². The number of anilines is 1. The van der Waals surface area contributed by atoms with Gasteiger partial charge in [0.1, 0.15) is 17.6 Å². The number of amides is 2. The fourth-order valence-electron chi connectivity index (χ4n) is 4.61. The average molecular weight is 659 g/mol. The van der Waals surface area contributed by atoms with Crippen LogP contribution in [0.4, 0.5) is 27.8 Å². The van der Waals surface area contributed by atoms with Crippen LogP contribution >= 0.6 is 0 Å². The van der Waals surface area contributed by atoms with E-state index >= 15 is 0 Å². The summed E-state index contributed by atoms with van der Waals surface area (Å²) in [7, 11) is -2.74. The van der Waals surface area contributed by atoms with E-state index in [-0.39, 0.29) is 49.6 Å². The molecule has 2 heterocycles. The van der Waals surface area contributed by atoms with Crippen LogP contribution in [-0.4, -0.2) is 77.8 Å². The largest absolute Gasteiger partial charge is 0.573 e. The van der Waals surface area contributed by atoms with E-state index in [4.69, 9.17) is 0 Å². The molecule has 1 aromatic heterocycles. The molecule has 0 bridgehead atoms. The molecule has 0 saturated carbocycles. The van der Waals surface area contributed by atoms with Crippen molar-refractivity contribution in [3.05, 3.63) is 71.9 Å². The lowest BCUT2D eigenvalue weighted by Gasteiger charge is -2.39. The standard InChI is InChI=1S/C28H31F5N6O5S/c1-3-27(29,30)20-6-4-19(5-7-20)16-35-26(41)23-18-38(25(40)17-34-24-12-13-37(2)36-24)14-15-39(23)45(42,43)22-10-8-21(9-11-22)44-28(31,32)33/h4-13,23H,3,14-18H2,1-2H3,(H,34,36)(H,35,41)/t23-/m1/s1. The van der Waals surface area contributed by atoms with Gasteiger partial charge in [-0.2, -0.15) is 9.40 Å². The number of alkyl halides is 5. The third-order valence-corrected chi connectivity index (χ3v) is 8.99. The van der Waals surface area contributed by atoms with Gasteiger partial charge in [0, 0.05) is 57.5 Å². The summed E-state index contributed by atoms with van der Waals surface area (Å²) in [4.78, 5) is 27.4. The number of rotatable bonds is 11. The molecule has 11 nitrogen and oxygen atoms in total. The molecule has 1 aliphatic rings. The lowest BCUT2D eigenvalue weighted by Crippen LogP contribution is -2.61. The molecule has 1 saturated heterocycles. The summed E-state index contributed by atoms with van der Waals surface area (Å²) in [6.45, 7) is 0.342. The highest BCUT2D eigenvalue weighted by molar-refractivity contribution is 7.89. The van der Waals surface area contributed by atoms with Crippen LogP contribution in [0.25, 0.3) is 0 Å². The molecule has 2 amide bonds. The highest BCUT2D eigenvalue weighted by atomic mass is 32.2. The normalized spacial score (nSPS) is 16.3. The second kappa shape index (κ2) is 13.4. The van der Waals surface area contributed by atoms with Gasteiger partial charge >= 0.3 is 6.36 Å². The summed E-state index contributed by atoms with van der Waals surface area (Å²) in [6.07, 6.45) is -3.70. The summed E-state index contributed by atoms with van der Waals surface area (Å²) >= 11 is 0. The Balaban J connectivity index is 1.52. The Bertz CT molecular complexity index is 1600. The molecule has 2 aromatic carbocycles. The number of hydrogen-bond donors (Lipinski definition) is 2. The Kier molecular flexibility index (Phi) is 10.0. The first-order valence-electron chi connectivity index (χ1n) is 13.7. The van der Waals surface area contributed by atoms with Crippen molar-refractivity contribution in [2.45, 2.75) is 43.1 Å². The number of piperazine rings is 1. The second-order valence-electron chi connectivity index (χ2n) is 10.2. The van der Waals surface area contributed by atoms with E-state index in [9.17, 15) is 40.0 Å². The molecule has 0 spiro atoms. The first-order chi connectivity index (χ1) is 21.1. The number of hydrogen-bond acceptors (Lipinski definition) is 7. The van der Waals surface area contributed by atoms with Crippen molar-refractivity contribution in [3.63, 3.8) is 0 Å². The van der Waals surface area contributed by atoms with Crippen molar-refractivity contribution < 1.29 is 44.7 Å². The number of aryl methyl sites for hydroxylation is 1. The number of nitrogens with zero attached hydrogens (tertiary/aromatic N) is 4. The lowest BCUT2D eigenvalue weighted by molar-refractivity contribution is -0.274. The Labute approximate surface area is 256 Å². The van der Waals surface area contributed by atoms with Crippen LogP contribution in [0.15, 0.2) is 65.7 Å². The van der Waals surface area contributed by atoms with Crippen LogP contribution in [0.2, 0.25) is 0 Å². The summed E-state index contributed by atoms with van der Waals surface area (Å²) in [5.41, 5.74) is 0.279. The fraction of sp³-hybridized carbons (Fsp3) is 0.393. The quantitative estimate of drug-likeness (QED) is 0.303. The Morgan fingerprint density at radius 1 is 1.00 bits per heavy atom. The van der Waals surface area contributed by atoms with Crippen LogP contribution in [0, 0.1) is 0 Å². The number of halogens is 5. The minimum Gasteiger partial charge on any atom is -0.406 e. The van der Waals surface area contributed by atoms with Gasteiger partial charge in [-0.05, 0) is 29.8 Å². The summed E-state index contributed by atoms with van der Waals surface area (Å²) in [5.74, 6) is -4.42. The molecule has 1 aliphatic heterocycles. The Hall–Kier alpha value is -4.25. The zero-order valence-corrected chi connectivity index (χ0v) is 25.0. The van der Waals surface area contributed by atoms with Gasteiger partial charge in [-0.1, -0.05) is 31.2 Å². The molecule has 0 aliphatic carbocycles. The van der Waals surface area contributed by atoms with Crippen LogP contribution < -0.4 is 15.4 Å². The number of sulfonamides is 1. The highest BCUT2D eigenvalue weighted by Crippen LogP contribution is 2.31. The van der Waals surface area contributed by atoms with Crippen LogP contribution in [0.5, 0.6) is 5.75 Å². The number of benzene rings is 2. The van der Waals surface area contributed by atoms with E-state index in [0.29, 0.717) is 11.4 Å². The number of carbonyl (C=O) groups excluding carboxylic acids is 2. The maximum atomic E-state index is 14.0. The molecule has 1 fully saturated rings. The summed E-state index contributed by atoms with van der Waals surface area (Å²) < 4.78 is 99.1. The molecule has 4 rings (SSSR count). The monoisotopic (exact) mass is 658 g/mol. The Morgan fingerprint density at radius 3 is 2.24 bits per heavy atom. The molecule has 0 unspecified atom stereocenters. The maximum absolute atomic E-state index is 14.0. The van der Waals surface area contributed by atoms with Crippen molar-refractivity contribution >= 4 is 27.7 Å². The topological polar surface area (TPSA) is 126 Å². The molecule has 1 atom stereocenters. The van der Waals surface area contributed by atoms with E-state index < -0.39 is 45.9 Å². The van der Waals surface area contributed by atoms with Crippen molar-refractivity contribution in [3.8, 4) is 5.75 Å². The van der Waals surface area contributed by atoms with E-state index in [1.807, 2.05) is 0 Å². The average Bonchev–Trinajstić information content (AvgIpc) is 3.42. The van der Waals surface area contributed by atoms with E-state index in [1.54, 1.807) is 19.3 Å². The van der Waals surface area contributed by atoms with Crippen LogP contribution in [0.1, 0.15) is 24.5 Å². The molecular formula is C28H31F5N6O5S. The smallest absolute Gasteiger partial charge is 0.406 e. The first kappa shape index (κ1) is 33.6. The van der Waals surface area contributed by atoms with Gasteiger partial charge in [-0.3, -0.25) is 14.3 Å². The minimum atomic E-state index is -4.98. The predicted molar refractivity (Wildman–Crippen MR) is 152 cm³/mol. The third-order valence-electron chi connectivity index (χ3n) is 7.07. The van der Waals surface area contributed by atoms with Gasteiger partial charge < -0.3 is 20.3 Å². The molecule has 244 valence electrons. The second-order valence-corrected chi connectivity index (χ2v) is 12.1. The summed E-state index contributed by atoms with van der Waals surface area (Å²) in [5, 5.41) is 9.59. The maximum Gasteiger partial charge on any atom is 0.573 e. The molecule has 17 heteroatoms. The predicted octanol–water partition coefficient (Wildman–Crippen LogP) is 3.45. The minimum absolute atomic E-state index is 0.0753. The van der Waals surface area contributed by atoms with Gasteiger partial charge in [0.15, 0.2) is 0 Å². The van der Waals surface area contributed by atoms with E-state index in [2.05, 4.69) is 20.5 Å². The zero-order valence-electron chi connectivity index (χ0n) is 24.2. The summed E-state index contributed by atoms with van der Waals surface area (Å²) in [6, 6.07) is 9.06. The molecule has 45 heavy (non-hydrogen) atoms. The van der Waals surface area contributed by atoms with Gasteiger partial charge in [0.25, 0.3) is 5.92 Å². The van der Waals surface area contributed by atoms with Gasteiger partial charge in [0.2, 0.25) is 21.8 Å². The van der Waals surface area contributed by atoms with Crippen molar-refractivity contribution in [2.75, 3.05) is 31.5 Å². The number of ether oxygens (including phenoxy) is 1. The van der Waals surface area contributed by atoms with Gasteiger partial charge in [-0.25, -0.2) is 17.2 Å². The molecule has 3 aromatic rings. The molecule has 2 N–H and O–H groups in total. The number of aromatic nitrogens is 2. The Morgan fingerprint density at radius 2 is 1.67 bits per heavy atom. The third kappa shape index (κ3) is 8.48. The van der Waals surface area contributed by atoms with Crippen LogP contribution in [0.3, 0.4) is 0 Å². The van der Waals surface area contributed by atoms with Crippen molar-refractivity contribution in [1.82, 2.24) is 24.3 Å². The van der Waals surface area contributed by atoms with Crippen LogP contribution in [-0.2, 0) is 39.1 Å². The lowest BCUT2D eigenvalue weighted by atomic mass is 10.0. The van der Waals surface area contributed by atoms with Gasteiger partial charge in [0.05, 0.1) is 11.4 Å². The number of carbonyl (C=O) groups is 2. The van der Waals surface area contributed by atoms with E-state index in [0.717, 1.165) is 28.6 Å². The molecule has 0 radical (unpaired) electrons. The van der Waals surface area contributed by atoms with Crippen molar-refractivity contribution in [2.24, 2.45) is 7.05 Å². The first-order valence-corrected chi connectivity index (χ1v) is 15.2. The zero-order chi connectivity index (χ0) is 33.0. The van der Waals surface area contributed by atoms with E-state index in [1.165, 1.54) is 40.8 Å². The SMILES string of the molecule is CCC(F)(F)c1ccc(CNC(=O)[C@H]2CN(C(=O)CNc3ccn(C)n3)CCN2S(=O)(=O)c2ccc(OC(F)(F)F)cc2)cc1. The fourth-order valence-corrected chi connectivity index (χ4v) is 6.18. The van der Waals surface area contributed by atoms with Gasteiger partial charge in [-0.15, -0.1) is 13.2 Å². The number of nitrogens with one attached hydrogen (secondary N) is 2. The molecular weight excluding hydrogens is 627 g/mol.